The van der Waals surface area contributed by atoms with E-state index in [1.807, 2.05) is 0 Å². The third kappa shape index (κ3) is 9.01. The van der Waals surface area contributed by atoms with E-state index in [1.54, 1.807) is 6.92 Å². The number of carbonyl (C=O) groups is 1. The van der Waals surface area contributed by atoms with E-state index in [1.165, 1.54) is 31.2 Å². The molecule has 18 heavy (non-hydrogen) atoms. The highest BCUT2D eigenvalue weighted by atomic mass is 32.2. The Morgan fingerprint density at radius 1 is 1.44 bits per heavy atom. The summed E-state index contributed by atoms with van der Waals surface area (Å²) in [6, 6.07) is 5.45. The molecule has 3 N–H and O–H groups in total. The van der Waals surface area contributed by atoms with Gasteiger partial charge in [0.15, 0.2) is 0 Å². The molecule has 1 rings (SSSR count). The average molecular weight is 288 g/mol. The third-order valence-corrected chi connectivity index (χ3v) is 2.35. The van der Waals surface area contributed by atoms with Gasteiger partial charge in [-0.3, -0.25) is 9.35 Å². The van der Waals surface area contributed by atoms with Crippen LogP contribution in [-0.4, -0.2) is 42.9 Å². The van der Waals surface area contributed by atoms with E-state index in [-0.39, 0.29) is 28.2 Å². The van der Waals surface area contributed by atoms with Crippen molar-refractivity contribution in [2.75, 3.05) is 12.3 Å². The van der Waals surface area contributed by atoms with Crippen LogP contribution in [0.2, 0.25) is 0 Å². The molecule has 1 aromatic rings. The van der Waals surface area contributed by atoms with E-state index in [9.17, 15) is 13.2 Å². The Morgan fingerprint density at radius 2 is 2.00 bits per heavy atom. The number of ether oxygens (including phenoxy) is 1. The van der Waals surface area contributed by atoms with Crippen LogP contribution in [0.5, 0.6) is 0 Å². The molecular formula is C10H15AlNO5S. The highest BCUT2D eigenvalue weighted by Gasteiger charge is 2.07. The first kappa shape index (κ1) is 19.3. The summed E-state index contributed by atoms with van der Waals surface area (Å²) in [6.45, 7) is 3.65. The molecule has 1 aromatic carbocycles. The van der Waals surface area contributed by atoms with Crippen LogP contribution in [0.15, 0.2) is 29.2 Å². The number of nitrogens with two attached hydrogens (primary N) is 1. The zero-order valence-corrected chi connectivity index (χ0v) is 12.1. The number of anilines is 1. The number of hydrogen-bond acceptors (Lipinski definition) is 5. The van der Waals surface area contributed by atoms with Crippen molar-refractivity contribution in [2.24, 2.45) is 0 Å². The summed E-state index contributed by atoms with van der Waals surface area (Å²) in [4.78, 5) is 9.64. The molecule has 0 fully saturated rings. The maximum Gasteiger partial charge on any atom is 0.302 e. The smallest absolute Gasteiger partial charge is 0.302 e. The number of hydrogen-bond donors (Lipinski definition) is 2. The largest absolute Gasteiger partial charge is 0.466 e. The zero-order valence-electron chi connectivity index (χ0n) is 10.2. The van der Waals surface area contributed by atoms with Crippen LogP contribution in [0.4, 0.5) is 5.69 Å². The fourth-order valence-electron chi connectivity index (χ4n) is 0.878. The lowest BCUT2D eigenvalue weighted by Gasteiger charge is -1.96. The second-order valence-electron chi connectivity index (χ2n) is 2.97. The average Bonchev–Trinajstić information content (AvgIpc) is 2.17. The summed E-state index contributed by atoms with van der Waals surface area (Å²) < 4.78 is 33.9. The standard InChI is InChI=1S/C6H7NO3S.C4H8O2.Al/c7-5-2-1-3-6(4-5)11(8,9)10;1-3-6-4(2)5;/h1-4H,7H2,(H,8,9,10);3H2,1-2H3;. The van der Waals surface area contributed by atoms with Gasteiger partial charge in [0.05, 0.1) is 11.5 Å². The molecule has 0 unspecified atom stereocenters. The molecule has 0 saturated carbocycles. The third-order valence-electron chi connectivity index (χ3n) is 1.50. The molecule has 3 radical (unpaired) electrons. The Bertz CT molecular complexity index is 475. The van der Waals surface area contributed by atoms with E-state index < -0.39 is 10.1 Å². The van der Waals surface area contributed by atoms with Gasteiger partial charge in [-0.2, -0.15) is 8.42 Å². The SMILES string of the molecule is CCOC(C)=O.Nc1cccc(S(=O)(=O)O)c1.[Al]. The second kappa shape index (κ2) is 8.94. The summed E-state index contributed by atoms with van der Waals surface area (Å²) >= 11 is 0. The minimum atomic E-state index is -4.11. The molecule has 0 aliphatic carbocycles. The summed E-state index contributed by atoms with van der Waals surface area (Å²) in [5.74, 6) is -0.211. The predicted octanol–water partition coefficient (Wildman–Crippen LogP) is 0.704. The predicted molar refractivity (Wildman–Crippen MR) is 68.7 cm³/mol. The molecule has 0 saturated heterocycles. The van der Waals surface area contributed by atoms with Gasteiger partial charge < -0.3 is 10.5 Å². The number of nitrogen functional groups attached to an aromatic ring is 1. The van der Waals surface area contributed by atoms with Crippen molar-refractivity contribution in [2.45, 2.75) is 18.7 Å². The molecule has 6 nitrogen and oxygen atoms in total. The molecule has 0 bridgehead atoms. The first-order valence-electron chi connectivity index (χ1n) is 4.73. The van der Waals surface area contributed by atoms with Crippen LogP contribution in [0.25, 0.3) is 0 Å². The van der Waals surface area contributed by atoms with Crippen LogP contribution >= 0.6 is 0 Å². The highest BCUT2D eigenvalue weighted by Crippen LogP contribution is 2.11. The lowest BCUT2D eigenvalue weighted by Crippen LogP contribution is -1.98. The van der Waals surface area contributed by atoms with Crippen LogP contribution in [-0.2, 0) is 19.6 Å². The fraction of sp³-hybridized carbons (Fsp3) is 0.300. The molecule has 0 spiro atoms. The molecule has 0 aromatic heterocycles. The molecule has 0 aliphatic rings. The lowest BCUT2D eigenvalue weighted by molar-refractivity contribution is -0.140. The van der Waals surface area contributed by atoms with Gasteiger partial charge in [-0.25, -0.2) is 0 Å². The minimum Gasteiger partial charge on any atom is -0.466 e. The van der Waals surface area contributed by atoms with Gasteiger partial charge in [-0.1, -0.05) is 6.07 Å². The van der Waals surface area contributed by atoms with E-state index in [0.717, 1.165) is 0 Å². The van der Waals surface area contributed by atoms with Crippen molar-refractivity contribution < 1.29 is 22.5 Å². The fourth-order valence-corrected chi connectivity index (χ4v) is 1.41. The van der Waals surface area contributed by atoms with Crippen LogP contribution in [0.3, 0.4) is 0 Å². The second-order valence-corrected chi connectivity index (χ2v) is 4.39. The van der Waals surface area contributed by atoms with Crippen LogP contribution in [0.1, 0.15) is 13.8 Å². The molecule has 0 heterocycles. The van der Waals surface area contributed by atoms with Crippen LogP contribution in [0, 0.1) is 0 Å². The minimum absolute atomic E-state index is 0. The van der Waals surface area contributed by atoms with Gasteiger partial charge in [0.2, 0.25) is 0 Å². The Kier molecular flexibility index (Phi) is 9.58. The number of esters is 1. The normalized spacial score (nSPS) is 9.50. The van der Waals surface area contributed by atoms with E-state index in [0.29, 0.717) is 12.3 Å². The summed E-state index contributed by atoms with van der Waals surface area (Å²) in [5.41, 5.74) is 5.59. The number of carbonyl (C=O) groups excluding carboxylic acids is 1. The van der Waals surface area contributed by atoms with Crippen molar-refractivity contribution in [1.82, 2.24) is 0 Å². The summed E-state index contributed by atoms with van der Waals surface area (Å²) in [7, 11) is -4.11. The van der Waals surface area contributed by atoms with Gasteiger partial charge in [0.1, 0.15) is 0 Å². The van der Waals surface area contributed by atoms with Crippen molar-refractivity contribution >= 4 is 39.1 Å². The zero-order chi connectivity index (χ0) is 13.5. The Labute approximate surface area is 117 Å². The quantitative estimate of drug-likeness (QED) is 0.359. The van der Waals surface area contributed by atoms with Crippen molar-refractivity contribution in [3.05, 3.63) is 24.3 Å². The molecule has 0 amide bonds. The molecule has 0 aliphatic heterocycles. The highest BCUT2D eigenvalue weighted by molar-refractivity contribution is 7.85. The molecule has 8 heteroatoms. The van der Waals surface area contributed by atoms with E-state index >= 15 is 0 Å². The maximum absolute atomic E-state index is 10.5. The Hall–Kier alpha value is -1.07. The van der Waals surface area contributed by atoms with Crippen molar-refractivity contribution in [3.63, 3.8) is 0 Å². The van der Waals surface area contributed by atoms with Crippen LogP contribution < -0.4 is 5.73 Å². The molecule has 99 valence electrons. The van der Waals surface area contributed by atoms with Gasteiger partial charge in [0.25, 0.3) is 10.1 Å². The first-order valence-corrected chi connectivity index (χ1v) is 6.17. The van der Waals surface area contributed by atoms with Gasteiger partial charge >= 0.3 is 5.97 Å². The van der Waals surface area contributed by atoms with Gasteiger partial charge in [-0.15, -0.1) is 0 Å². The Morgan fingerprint density at radius 3 is 2.22 bits per heavy atom. The van der Waals surface area contributed by atoms with Crippen molar-refractivity contribution in [1.29, 1.82) is 0 Å². The van der Waals surface area contributed by atoms with Gasteiger partial charge in [0, 0.05) is 30.0 Å². The number of rotatable bonds is 2. The topological polar surface area (TPSA) is 107 Å². The van der Waals surface area contributed by atoms with E-state index in [4.69, 9.17) is 10.3 Å². The number of benzene rings is 1. The Balaban J connectivity index is 0. The monoisotopic (exact) mass is 288 g/mol. The maximum atomic E-state index is 10.5. The summed E-state index contributed by atoms with van der Waals surface area (Å²) in [5, 5.41) is 0. The first-order chi connectivity index (χ1) is 7.77. The molecule has 0 atom stereocenters. The van der Waals surface area contributed by atoms with Crippen molar-refractivity contribution in [3.8, 4) is 0 Å². The summed E-state index contributed by atoms with van der Waals surface area (Å²) in [6.07, 6.45) is 0. The van der Waals surface area contributed by atoms with E-state index in [2.05, 4.69) is 4.74 Å². The lowest BCUT2D eigenvalue weighted by atomic mass is 10.3. The van der Waals surface area contributed by atoms with Gasteiger partial charge in [-0.05, 0) is 25.1 Å². The molecular weight excluding hydrogens is 273 g/mol.